The van der Waals surface area contributed by atoms with Crippen LogP contribution in [0.1, 0.15) is 6.42 Å². The Hall–Kier alpha value is -2.09. The van der Waals surface area contributed by atoms with Gasteiger partial charge in [0, 0.05) is 20.3 Å². The van der Waals surface area contributed by atoms with Gasteiger partial charge >= 0.3 is 6.36 Å². The van der Waals surface area contributed by atoms with Gasteiger partial charge in [0.05, 0.1) is 17.2 Å². The average Bonchev–Trinajstić information content (AvgIpc) is 2.40. The molecule has 0 bridgehead atoms. The molecule has 0 atom stereocenters. The van der Waals surface area contributed by atoms with E-state index in [1.54, 1.807) is 7.11 Å². The lowest BCUT2D eigenvalue weighted by Crippen LogP contribution is -2.22. The number of hydrogen-bond acceptors (Lipinski definition) is 4. The van der Waals surface area contributed by atoms with Crippen LogP contribution in [-0.2, 0) is 11.3 Å². The van der Waals surface area contributed by atoms with Crippen LogP contribution in [0.3, 0.4) is 0 Å². The number of methoxy groups -OCH3 is 1. The fraction of sp³-hybridized carbons (Fsp3) is 0.385. The minimum Gasteiger partial charge on any atom is -0.406 e. The summed E-state index contributed by atoms with van der Waals surface area (Å²) in [7, 11) is 1.54. The van der Waals surface area contributed by atoms with Crippen LogP contribution in [0.25, 0.3) is 10.9 Å². The first kappa shape index (κ1) is 15.3. The van der Waals surface area contributed by atoms with Crippen LogP contribution >= 0.6 is 0 Å². The molecule has 0 N–H and O–H groups in total. The van der Waals surface area contributed by atoms with Crippen molar-refractivity contribution in [2.24, 2.45) is 0 Å². The predicted octanol–water partition coefficient (Wildman–Crippen LogP) is 2.33. The minimum absolute atomic E-state index is 0.0802. The number of benzene rings is 1. The number of fused-ring (bicyclic) bond motifs is 1. The van der Waals surface area contributed by atoms with E-state index in [0.717, 1.165) is 12.1 Å². The molecular formula is C13H13F3N2O3. The highest BCUT2D eigenvalue weighted by molar-refractivity contribution is 5.78. The molecule has 0 aliphatic carbocycles. The van der Waals surface area contributed by atoms with E-state index < -0.39 is 17.7 Å². The van der Waals surface area contributed by atoms with Crippen LogP contribution < -0.4 is 10.3 Å². The Bertz CT molecular complexity index is 682. The molecule has 0 aliphatic rings. The molecule has 0 amide bonds. The van der Waals surface area contributed by atoms with Gasteiger partial charge in [-0.1, -0.05) is 0 Å². The van der Waals surface area contributed by atoms with Gasteiger partial charge in [-0.05, 0) is 24.6 Å². The van der Waals surface area contributed by atoms with E-state index in [0.29, 0.717) is 25.1 Å². The molecule has 0 unspecified atom stereocenters. The summed E-state index contributed by atoms with van der Waals surface area (Å²) in [6.45, 7) is 0.849. The van der Waals surface area contributed by atoms with Crippen molar-refractivity contribution in [1.29, 1.82) is 0 Å². The van der Waals surface area contributed by atoms with Gasteiger partial charge in [0.15, 0.2) is 0 Å². The summed E-state index contributed by atoms with van der Waals surface area (Å²) in [6, 6.07) is 3.49. The second-order valence-electron chi connectivity index (χ2n) is 4.32. The van der Waals surface area contributed by atoms with Gasteiger partial charge in [-0.2, -0.15) is 0 Å². The molecule has 2 aromatic rings. The Labute approximate surface area is 117 Å². The van der Waals surface area contributed by atoms with Crippen LogP contribution in [0.5, 0.6) is 5.75 Å². The van der Waals surface area contributed by atoms with Crippen LogP contribution in [0.4, 0.5) is 13.2 Å². The van der Waals surface area contributed by atoms with Gasteiger partial charge in [-0.15, -0.1) is 13.2 Å². The Kier molecular flexibility index (Phi) is 4.46. The van der Waals surface area contributed by atoms with E-state index in [1.807, 2.05) is 0 Å². The molecule has 0 saturated carbocycles. The summed E-state index contributed by atoms with van der Waals surface area (Å²) in [5.74, 6) is -0.441. The van der Waals surface area contributed by atoms with Crippen molar-refractivity contribution in [3.8, 4) is 5.75 Å². The topological polar surface area (TPSA) is 53.4 Å². The summed E-state index contributed by atoms with van der Waals surface area (Å²) in [5, 5.41) is 0.0802. The van der Waals surface area contributed by atoms with Crippen molar-refractivity contribution in [1.82, 2.24) is 9.55 Å². The molecule has 1 aromatic carbocycles. The summed E-state index contributed by atoms with van der Waals surface area (Å²) in [5.41, 5.74) is -0.0961. The van der Waals surface area contributed by atoms with Gasteiger partial charge in [-0.3, -0.25) is 9.36 Å². The van der Waals surface area contributed by atoms with Crippen LogP contribution in [-0.4, -0.2) is 29.6 Å². The maximum atomic E-state index is 12.2. The molecule has 8 heteroatoms. The monoisotopic (exact) mass is 302 g/mol. The molecule has 0 radical (unpaired) electrons. The van der Waals surface area contributed by atoms with E-state index in [2.05, 4.69) is 9.72 Å². The van der Waals surface area contributed by atoms with Gasteiger partial charge in [0.2, 0.25) is 0 Å². The van der Waals surface area contributed by atoms with Crippen molar-refractivity contribution in [3.05, 3.63) is 34.9 Å². The highest BCUT2D eigenvalue weighted by Crippen LogP contribution is 2.24. The number of aromatic nitrogens is 2. The number of nitrogens with zero attached hydrogens (tertiary/aromatic N) is 2. The SMILES string of the molecule is COCCCn1cnc2ccc(OC(F)(F)F)cc2c1=O. The molecule has 21 heavy (non-hydrogen) atoms. The quantitative estimate of drug-likeness (QED) is 0.796. The molecule has 1 aromatic heterocycles. The standard InChI is InChI=1S/C13H13F3N2O3/c1-20-6-2-5-18-8-17-11-4-3-9(21-13(14,15)16)7-10(11)12(18)19/h3-4,7-8H,2,5-6H2,1H3. The van der Waals surface area contributed by atoms with E-state index in [4.69, 9.17) is 4.74 Å². The number of ether oxygens (including phenoxy) is 2. The number of alkyl halides is 3. The number of aryl methyl sites for hydroxylation is 1. The maximum absolute atomic E-state index is 12.2. The summed E-state index contributed by atoms with van der Waals surface area (Å²) in [4.78, 5) is 16.2. The molecule has 114 valence electrons. The van der Waals surface area contributed by atoms with Crippen LogP contribution in [0.2, 0.25) is 0 Å². The lowest BCUT2D eigenvalue weighted by Gasteiger charge is -2.10. The number of halogens is 3. The first-order chi connectivity index (χ1) is 9.90. The largest absolute Gasteiger partial charge is 0.573 e. The fourth-order valence-corrected chi connectivity index (χ4v) is 1.87. The van der Waals surface area contributed by atoms with Crippen molar-refractivity contribution in [3.63, 3.8) is 0 Å². The minimum atomic E-state index is -4.80. The van der Waals surface area contributed by atoms with Crippen molar-refractivity contribution in [2.75, 3.05) is 13.7 Å². The van der Waals surface area contributed by atoms with Crippen molar-refractivity contribution < 1.29 is 22.6 Å². The van der Waals surface area contributed by atoms with Gasteiger partial charge in [-0.25, -0.2) is 4.98 Å². The molecule has 0 aliphatic heterocycles. The van der Waals surface area contributed by atoms with E-state index in [1.165, 1.54) is 17.0 Å². The van der Waals surface area contributed by atoms with Crippen molar-refractivity contribution >= 4 is 10.9 Å². The number of hydrogen-bond donors (Lipinski definition) is 0. The van der Waals surface area contributed by atoms with Gasteiger partial charge in [0.25, 0.3) is 5.56 Å². The third-order valence-corrected chi connectivity index (χ3v) is 2.78. The summed E-state index contributed by atoms with van der Waals surface area (Å²) in [6.07, 6.45) is -2.83. The third-order valence-electron chi connectivity index (χ3n) is 2.78. The predicted molar refractivity (Wildman–Crippen MR) is 69.2 cm³/mol. The Balaban J connectivity index is 2.35. The highest BCUT2D eigenvalue weighted by atomic mass is 19.4. The molecule has 0 fully saturated rings. The number of rotatable bonds is 5. The van der Waals surface area contributed by atoms with Crippen LogP contribution in [0, 0.1) is 0 Å². The molecule has 0 saturated heterocycles. The Morgan fingerprint density at radius 1 is 1.33 bits per heavy atom. The Morgan fingerprint density at radius 2 is 2.10 bits per heavy atom. The zero-order valence-corrected chi connectivity index (χ0v) is 11.2. The average molecular weight is 302 g/mol. The molecule has 5 nitrogen and oxygen atoms in total. The fourth-order valence-electron chi connectivity index (χ4n) is 1.87. The van der Waals surface area contributed by atoms with E-state index in [9.17, 15) is 18.0 Å². The molecule has 2 rings (SSSR count). The smallest absolute Gasteiger partial charge is 0.406 e. The Morgan fingerprint density at radius 3 is 2.76 bits per heavy atom. The lowest BCUT2D eigenvalue weighted by molar-refractivity contribution is -0.274. The lowest BCUT2D eigenvalue weighted by atomic mass is 10.2. The third kappa shape index (κ3) is 3.94. The van der Waals surface area contributed by atoms with Gasteiger partial charge < -0.3 is 9.47 Å². The molecular weight excluding hydrogens is 289 g/mol. The second-order valence-corrected chi connectivity index (χ2v) is 4.32. The zero-order valence-electron chi connectivity index (χ0n) is 11.2. The molecule has 1 heterocycles. The van der Waals surface area contributed by atoms with Crippen molar-refractivity contribution in [2.45, 2.75) is 19.3 Å². The van der Waals surface area contributed by atoms with E-state index >= 15 is 0 Å². The zero-order chi connectivity index (χ0) is 15.5. The normalized spacial score (nSPS) is 11.8. The maximum Gasteiger partial charge on any atom is 0.573 e. The highest BCUT2D eigenvalue weighted by Gasteiger charge is 2.31. The summed E-state index contributed by atoms with van der Waals surface area (Å²) < 4.78 is 46.6. The second kappa shape index (κ2) is 6.13. The van der Waals surface area contributed by atoms with Gasteiger partial charge in [0.1, 0.15) is 5.75 Å². The molecule has 0 spiro atoms. The summed E-state index contributed by atoms with van der Waals surface area (Å²) >= 11 is 0. The van der Waals surface area contributed by atoms with Crippen LogP contribution in [0.15, 0.2) is 29.3 Å². The first-order valence-electron chi connectivity index (χ1n) is 6.14. The first-order valence-corrected chi connectivity index (χ1v) is 6.14. The van der Waals surface area contributed by atoms with E-state index in [-0.39, 0.29) is 5.39 Å².